The Balaban J connectivity index is 1.61. The van der Waals surface area contributed by atoms with Crippen LogP contribution in [0, 0.1) is 13.8 Å². The Kier molecular flexibility index (Phi) is 7.31. The van der Waals surface area contributed by atoms with Crippen molar-refractivity contribution < 1.29 is 9.59 Å². The minimum absolute atomic E-state index is 0.0432. The molecule has 0 atom stereocenters. The van der Waals surface area contributed by atoms with Crippen LogP contribution in [0.2, 0.25) is 0 Å². The smallest absolute Gasteiger partial charge is 0.255 e. The van der Waals surface area contributed by atoms with Crippen molar-refractivity contribution in [3.63, 3.8) is 0 Å². The van der Waals surface area contributed by atoms with E-state index in [1.54, 1.807) is 0 Å². The fourth-order valence-corrected chi connectivity index (χ4v) is 3.97. The number of rotatable bonds is 7. The van der Waals surface area contributed by atoms with Crippen LogP contribution in [-0.4, -0.2) is 17.6 Å². The number of thioether (sulfide) groups is 1. The van der Waals surface area contributed by atoms with Crippen LogP contribution in [0.25, 0.3) is 0 Å². The van der Waals surface area contributed by atoms with E-state index in [0.717, 1.165) is 33.7 Å². The maximum absolute atomic E-state index is 12.5. The molecule has 0 unspecified atom stereocenters. The lowest BCUT2D eigenvalue weighted by Gasteiger charge is -2.13. The van der Waals surface area contributed by atoms with E-state index in [1.165, 1.54) is 11.8 Å². The van der Waals surface area contributed by atoms with Gasteiger partial charge in [-0.2, -0.15) is 0 Å². The van der Waals surface area contributed by atoms with Crippen LogP contribution in [0.5, 0.6) is 0 Å². The minimum atomic E-state index is -0.139. The van der Waals surface area contributed by atoms with Crippen LogP contribution in [0.3, 0.4) is 0 Å². The summed E-state index contributed by atoms with van der Waals surface area (Å²) in [6, 6.07) is 21.1. The Bertz CT molecular complexity index is 1060. The number of amides is 2. The summed E-state index contributed by atoms with van der Waals surface area (Å²) in [6.45, 7) is 6.00. The van der Waals surface area contributed by atoms with Gasteiger partial charge in [0.25, 0.3) is 5.91 Å². The molecule has 3 rings (SSSR count). The molecule has 0 spiro atoms. The van der Waals surface area contributed by atoms with Crippen molar-refractivity contribution >= 4 is 35.0 Å². The van der Waals surface area contributed by atoms with Crippen LogP contribution in [0.1, 0.15) is 34.0 Å². The number of hydrogen-bond donors (Lipinski definition) is 2. The van der Waals surface area contributed by atoms with Gasteiger partial charge in [-0.25, -0.2) is 0 Å². The van der Waals surface area contributed by atoms with Gasteiger partial charge in [0, 0.05) is 21.8 Å². The first-order valence-corrected chi connectivity index (χ1v) is 10.9. The van der Waals surface area contributed by atoms with Gasteiger partial charge in [-0.1, -0.05) is 49.4 Å². The maximum Gasteiger partial charge on any atom is 0.255 e. The Morgan fingerprint density at radius 1 is 0.867 bits per heavy atom. The van der Waals surface area contributed by atoms with E-state index in [9.17, 15) is 9.59 Å². The fraction of sp³-hybridized carbons (Fsp3) is 0.200. The summed E-state index contributed by atoms with van der Waals surface area (Å²) in [7, 11) is 0. The van der Waals surface area contributed by atoms with Gasteiger partial charge in [0.15, 0.2) is 0 Å². The lowest BCUT2D eigenvalue weighted by Crippen LogP contribution is -2.16. The van der Waals surface area contributed by atoms with E-state index < -0.39 is 0 Å². The van der Waals surface area contributed by atoms with Gasteiger partial charge >= 0.3 is 0 Å². The Labute approximate surface area is 182 Å². The van der Waals surface area contributed by atoms with Crippen LogP contribution in [0.4, 0.5) is 11.4 Å². The summed E-state index contributed by atoms with van der Waals surface area (Å²) in [4.78, 5) is 25.9. The van der Waals surface area contributed by atoms with Crippen molar-refractivity contribution in [3.8, 4) is 0 Å². The first-order valence-electron chi connectivity index (χ1n) is 9.96. The lowest BCUT2D eigenvalue weighted by molar-refractivity contribution is -0.113. The molecule has 3 aromatic carbocycles. The highest BCUT2D eigenvalue weighted by Crippen LogP contribution is 2.24. The second kappa shape index (κ2) is 10.1. The molecule has 0 aliphatic rings. The molecule has 154 valence electrons. The van der Waals surface area contributed by atoms with Crippen LogP contribution >= 0.6 is 11.8 Å². The van der Waals surface area contributed by atoms with Crippen molar-refractivity contribution in [2.45, 2.75) is 32.1 Å². The van der Waals surface area contributed by atoms with E-state index in [1.807, 2.05) is 80.6 Å². The first-order chi connectivity index (χ1) is 14.5. The molecule has 0 fully saturated rings. The van der Waals surface area contributed by atoms with Gasteiger partial charge in [0.1, 0.15) is 0 Å². The molecule has 0 saturated heterocycles. The molecule has 2 N–H and O–H groups in total. The fourth-order valence-electron chi connectivity index (χ4n) is 3.22. The minimum Gasteiger partial charge on any atom is -0.325 e. The molecule has 0 heterocycles. The predicted molar refractivity (Wildman–Crippen MR) is 125 cm³/mol. The molecule has 3 aromatic rings. The molecule has 5 heteroatoms. The van der Waals surface area contributed by atoms with Gasteiger partial charge in [0.2, 0.25) is 5.91 Å². The third-order valence-corrected chi connectivity index (χ3v) is 5.85. The molecule has 0 bridgehead atoms. The van der Waals surface area contributed by atoms with Crippen molar-refractivity contribution in [3.05, 3.63) is 89.0 Å². The lowest BCUT2D eigenvalue weighted by atomic mass is 10.1. The number of carbonyl (C=O) groups excluding carboxylic acids is 2. The van der Waals surface area contributed by atoms with Gasteiger partial charge in [-0.05, 0) is 61.2 Å². The second-order valence-electron chi connectivity index (χ2n) is 7.10. The Morgan fingerprint density at radius 2 is 1.60 bits per heavy atom. The van der Waals surface area contributed by atoms with Crippen LogP contribution in [-0.2, 0) is 11.2 Å². The summed E-state index contributed by atoms with van der Waals surface area (Å²) in [6.07, 6.45) is 0.868. The monoisotopic (exact) mass is 418 g/mol. The first kappa shape index (κ1) is 21.7. The highest BCUT2D eigenvalue weighted by atomic mass is 32.2. The van der Waals surface area contributed by atoms with E-state index in [4.69, 9.17) is 0 Å². The molecular weight excluding hydrogens is 392 g/mol. The average molecular weight is 419 g/mol. The van der Waals surface area contributed by atoms with Crippen LogP contribution in [0.15, 0.2) is 71.6 Å². The molecule has 0 aliphatic heterocycles. The predicted octanol–water partition coefficient (Wildman–Crippen LogP) is 5.85. The van der Waals surface area contributed by atoms with Gasteiger partial charge in [0.05, 0.1) is 5.75 Å². The van der Waals surface area contributed by atoms with Gasteiger partial charge in [-0.3, -0.25) is 9.59 Å². The third kappa shape index (κ3) is 5.51. The summed E-state index contributed by atoms with van der Waals surface area (Å²) in [5, 5.41) is 5.98. The number of para-hydroxylation sites is 1. The molecular formula is C25H26N2O2S. The van der Waals surface area contributed by atoms with E-state index >= 15 is 0 Å². The van der Waals surface area contributed by atoms with Gasteiger partial charge in [-0.15, -0.1) is 11.8 Å². The highest BCUT2D eigenvalue weighted by molar-refractivity contribution is 8.00. The van der Waals surface area contributed by atoms with E-state index in [2.05, 4.69) is 17.6 Å². The zero-order valence-corrected chi connectivity index (χ0v) is 18.3. The van der Waals surface area contributed by atoms with Crippen LogP contribution < -0.4 is 10.6 Å². The third-order valence-electron chi connectivity index (χ3n) is 4.86. The molecule has 2 amide bonds. The normalized spacial score (nSPS) is 10.5. The average Bonchev–Trinajstić information content (AvgIpc) is 2.74. The number of nitrogens with one attached hydrogen (secondary N) is 2. The van der Waals surface area contributed by atoms with Crippen molar-refractivity contribution in [2.24, 2.45) is 0 Å². The zero-order chi connectivity index (χ0) is 21.5. The zero-order valence-electron chi connectivity index (χ0n) is 17.5. The molecule has 0 aliphatic carbocycles. The van der Waals surface area contributed by atoms with Crippen molar-refractivity contribution in [2.75, 3.05) is 16.4 Å². The summed E-state index contributed by atoms with van der Waals surface area (Å²) >= 11 is 1.44. The molecule has 0 radical (unpaired) electrons. The number of anilines is 2. The number of benzene rings is 3. The highest BCUT2D eigenvalue weighted by Gasteiger charge is 2.11. The molecule has 0 aromatic heterocycles. The standard InChI is InChI=1S/C25H26N2O2S/c1-4-19-11-7-10-18(3)24(19)27-23(28)16-30-21-13-8-12-20(15-21)26-25(29)22-14-6-5-9-17(22)2/h5-15H,4,16H2,1-3H3,(H,26,29)(H,27,28). The van der Waals surface area contributed by atoms with E-state index in [-0.39, 0.29) is 11.8 Å². The topological polar surface area (TPSA) is 58.2 Å². The van der Waals surface area contributed by atoms with E-state index in [0.29, 0.717) is 17.0 Å². The number of carbonyl (C=O) groups is 2. The molecule has 4 nitrogen and oxygen atoms in total. The quantitative estimate of drug-likeness (QED) is 0.473. The SMILES string of the molecule is CCc1cccc(C)c1NC(=O)CSc1cccc(NC(=O)c2ccccc2C)c1. The maximum atomic E-state index is 12.5. The number of hydrogen-bond acceptors (Lipinski definition) is 3. The molecule has 0 saturated carbocycles. The number of aryl methyl sites for hydroxylation is 3. The Morgan fingerprint density at radius 3 is 2.37 bits per heavy atom. The summed E-state index contributed by atoms with van der Waals surface area (Å²) in [5.41, 5.74) is 5.40. The van der Waals surface area contributed by atoms with Gasteiger partial charge < -0.3 is 10.6 Å². The molecule has 30 heavy (non-hydrogen) atoms. The van der Waals surface area contributed by atoms with Crippen molar-refractivity contribution in [1.29, 1.82) is 0 Å². The summed E-state index contributed by atoms with van der Waals surface area (Å²) in [5.74, 6) is 0.116. The largest absolute Gasteiger partial charge is 0.325 e. The Hall–Kier alpha value is -3.05. The van der Waals surface area contributed by atoms with Crippen molar-refractivity contribution in [1.82, 2.24) is 0 Å². The second-order valence-corrected chi connectivity index (χ2v) is 8.15. The summed E-state index contributed by atoms with van der Waals surface area (Å²) < 4.78 is 0.